The predicted molar refractivity (Wildman–Crippen MR) is 100 cm³/mol. The highest BCUT2D eigenvalue weighted by Gasteiger charge is 2.41. The molecular formula is C18H25ClN2O3S. The predicted octanol–water partition coefficient (Wildman–Crippen LogP) is 3.11. The Bertz CT molecular complexity index is 781. The van der Waals surface area contributed by atoms with Gasteiger partial charge in [0.25, 0.3) is 0 Å². The highest BCUT2D eigenvalue weighted by Crippen LogP contribution is 2.44. The van der Waals surface area contributed by atoms with Gasteiger partial charge in [0.15, 0.2) is 0 Å². The van der Waals surface area contributed by atoms with Crippen LogP contribution in [-0.2, 0) is 14.8 Å². The van der Waals surface area contributed by atoms with Crippen molar-refractivity contribution in [1.82, 2.24) is 5.32 Å². The van der Waals surface area contributed by atoms with Crippen LogP contribution in [0.25, 0.3) is 0 Å². The Balaban J connectivity index is 1.83. The Labute approximate surface area is 154 Å². The zero-order valence-corrected chi connectivity index (χ0v) is 16.4. The van der Waals surface area contributed by atoms with E-state index in [9.17, 15) is 13.2 Å². The van der Waals surface area contributed by atoms with Gasteiger partial charge in [-0.3, -0.25) is 9.10 Å². The minimum absolute atomic E-state index is 0.176. The zero-order valence-electron chi connectivity index (χ0n) is 14.8. The normalized spacial score (nSPS) is 26.5. The molecule has 0 aliphatic heterocycles. The lowest BCUT2D eigenvalue weighted by atomic mass is 9.95. The average molecular weight is 385 g/mol. The average Bonchev–Trinajstić information content (AvgIpc) is 3.12. The number of carbonyl (C=O) groups is 1. The van der Waals surface area contributed by atoms with Crippen LogP contribution < -0.4 is 9.62 Å². The quantitative estimate of drug-likeness (QED) is 0.848. The lowest BCUT2D eigenvalue weighted by Gasteiger charge is -2.31. The lowest BCUT2D eigenvalue weighted by Crippen LogP contribution is -2.51. The van der Waals surface area contributed by atoms with Crippen LogP contribution in [0.1, 0.15) is 38.2 Å². The number of anilines is 1. The summed E-state index contributed by atoms with van der Waals surface area (Å²) in [5, 5.41) is 3.53. The van der Waals surface area contributed by atoms with Gasteiger partial charge in [0.1, 0.15) is 6.04 Å². The van der Waals surface area contributed by atoms with Crippen molar-refractivity contribution in [2.24, 2.45) is 11.8 Å². The highest BCUT2D eigenvalue weighted by atomic mass is 35.5. The van der Waals surface area contributed by atoms with Crippen LogP contribution >= 0.6 is 11.6 Å². The number of nitrogens with zero attached hydrogens (tertiary/aromatic N) is 1. The number of fused-ring (bicyclic) bond motifs is 2. The van der Waals surface area contributed by atoms with E-state index in [4.69, 9.17) is 11.6 Å². The molecule has 2 fully saturated rings. The topological polar surface area (TPSA) is 66.5 Å². The molecular weight excluding hydrogens is 360 g/mol. The smallest absolute Gasteiger partial charge is 0.243 e. The summed E-state index contributed by atoms with van der Waals surface area (Å²) in [6.07, 6.45) is 5.73. The van der Waals surface area contributed by atoms with Gasteiger partial charge in [-0.05, 0) is 62.6 Å². The Kier molecular flexibility index (Phi) is 5.04. The van der Waals surface area contributed by atoms with E-state index < -0.39 is 16.1 Å². The lowest BCUT2D eigenvalue weighted by molar-refractivity contribution is -0.122. The van der Waals surface area contributed by atoms with Crippen molar-refractivity contribution in [3.63, 3.8) is 0 Å². The Morgan fingerprint density at radius 2 is 2.04 bits per heavy atom. The van der Waals surface area contributed by atoms with Crippen molar-refractivity contribution in [2.75, 3.05) is 10.6 Å². The molecule has 0 saturated heterocycles. The third-order valence-corrected chi connectivity index (χ3v) is 7.03. The van der Waals surface area contributed by atoms with Gasteiger partial charge in [0.05, 0.1) is 11.9 Å². The molecule has 0 aromatic heterocycles. The van der Waals surface area contributed by atoms with E-state index in [1.165, 1.54) is 17.1 Å². The number of carbonyl (C=O) groups excluding carboxylic acids is 1. The van der Waals surface area contributed by atoms with Crippen molar-refractivity contribution in [3.05, 3.63) is 28.8 Å². The second-order valence-electron chi connectivity index (χ2n) is 7.46. The second kappa shape index (κ2) is 6.80. The van der Waals surface area contributed by atoms with Crippen molar-refractivity contribution in [1.29, 1.82) is 0 Å². The Morgan fingerprint density at radius 1 is 1.32 bits per heavy atom. The number of hydrogen-bond donors (Lipinski definition) is 1. The Morgan fingerprint density at radius 3 is 2.60 bits per heavy atom. The largest absolute Gasteiger partial charge is 0.351 e. The molecule has 2 saturated carbocycles. The van der Waals surface area contributed by atoms with Crippen LogP contribution in [0.5, 0.6) is 0 Å². The first-order chi connectivity index (χ1) is 11.7. The summed E-state index contributed by atoms with van der Waals surface area (Å²) < 4.78 is 26.0. The van der Waals surface area contributed by atoms with E-state index >= 15 is 0 Å². The van der Waals surface area contributed by atoms with E-state index in [0.717, 1.165) is 24.7 Å². The first-order valence-electron chi connectivity index (χ1n) is 8.72. The second-order valence-corrected chi connectivity index (χ2v) is 9.75. The van der Waals surface area contributed by atoms with E-state index in [2.05, 4.69) is 5.32 Å². The van der Waals surface area contributed by atoms with Crippen LogP contribution in [0.3, 0.4) is 0 Å². The van der Waals surface area contributed by atoms with Gasteiger partial charge in [0, 0.05) is 11.1 Å². The molecule has 0 radical (unpaired) electrons. The zero-order chi connectivity index (χ0) is 18.4. The molecule has 2 aliphatic rings. The number of halogens is 1. The van der Waals surface area contributed by atoms with E-state index in [-0.39, 0.29) is 11.9 Å². The Hall–Kier alpha value is -1.27. The third kappa shape index (κ3) is 3.80. The molecule has 7 heteroatoms. The fourth-order valence-electron chi connectivity index (χ4n) is 4.33. The maximum Gasteiger partial charge on any atom is 0.243 e. The molecule has 1 aromatic rings. The molecule has 2 bridgehead atoms. The highest BCUT2D eigenvalue weighted by molar-refractivity contribution is 7.92. The minimum atomic E-state index is -3.63. The van der Waals surface area contributed by atoms with Crippen LogP contribution in [0.4, 0.5) is 5.69 Å². The summed E-state index contributed by atoms with van der Waals surface area (Å²) in [6, 6.07) is 4.41. The van der Waals surface area contributed by atoms with Gasteiger partial charge in [-0.25, -0.2) is 8.42 Å². The molecule has 1 aromatic carbocycles. The fourth-order valence-corrected chi connectivity index (χ4v) is 5.72. The number of aryl methyl sites for hydroxylation is 1. The maximum absolute atomic E-state index is 12.8. The van der Waals surface area contributed by atoms with Crippen molar-refractivity contribution < 1.29 is 13.2 Å². The van der Waals surface area contributed by atoms with Crippen LogP contribution in [0.2, 0.25) is 5.02 Å². The molecule has 138 valence electrons. The maximum atomic E-state index is 12.8. The molecule has 0 unspecified atom stereocenters. The summed E-state index contributed by atoms with van der Waals surface area (Å²) in [5.74, 6) is 1.01. The molecule has 0 spiro atoms. The van der Waals surface area contributed by atoms with Crippen LogP contribution in [-0.4, -0.2) is 32.7 Å². The summed E-state index contributed by atoms with van der Waals surface area (Å²) in [4.78, 5) is 12.8. The summed E-state index contributed by atoms with van der Waals surface area (Å²) in [7, 11) is -3.63. The number of amides is 1. The third-order valence-electron chi connectivity index (χ3n) is 5.56. The molecule has 4 atom stereocenters. The fraction of sp³-hybridized carbons (Fsp3) is 0.611. The van der Waals surface area contributed by atoms with E-state index in [1.807, 2.05) is 6.92 Å². The van der Waals surface area contributed by atoms with Crippen molar-refractivity contribution >= 4 is 33.2 Å². The van der Waals surface area contributed by atoms with Gasteiger partial charge in [0.2, 0.25) is 15.9 Å². The monoisotopic (exact) mass is 384 g/mol. The van der Waals surface area contributed by atoms with E-state index in [0.29, 0.717) is 22.5 Å². The SMILES string of the molecule is Cc1ccc(Cl)cc1N([C@@H](C)C(=O)N[C@H]1C[C@H]2CC[C@H]1C2)S(C)(=O)=O. The van der Waals surface area contributed by atoms with Gasteiger partial charge in [-0.1, -0.05) is 24.1 Å². The molecule has 1 amide bonds. The summed E-state index contributed by atoms with van der Waals surface area (Å²) in [5.41, 5.74) is 1.21. The molecule has 2 aliphatic carbocycles. The van der Waals surface area contributed by atoms with Crippen molar-refractivity contribution in [2.45, 2.75) is 51.6 Å². The molecule has 1 N–H and O–H groups in total. The van der Waals surface area contributed by atoms with Gasteiger partial charge in [-0.15, -0.1) is 0 Å². The van der Waals surface area contributed by atoms with E-state index in [1.54, 1.807) is 25.1 Å². The number of benzene rings is 1. The first-order valence-corrected chi connectivity index (χ1v) is 11.0. The van der Waals surface area contributed by atoms with Crippen LogP contribution in [0, 0.1) is 18.8 Å². The molecule has 5 nitrogen and oxygen atoms in total. The standard InChI is InChI=1S/C18H25ClN2O3S/c1-11-4-7-15(19)10-17(11)21(25(3,23)24)12(2)18(22)20-16-9-13-5-6-14(16)8-13/h4,7,10,12-14,16H,5-6,8-9H2,1-3H3,(H,20,22)/t12-,13-,14-,16-/m0/s1. The summed E-state index contributed by atoms with van der Waals surface area (Å²) in [6.45, 7) is 3.44. The van der Waals surface area contributed by atoms with Gasteiger partial charge >= 0.3 is 0 Å². The molecule has 25 heavy (non-hydrogen) atoms. The number of sulfonamides is 1. The summed E-state index contributed by atoms with van der Waals surface area (Å²) >= 11 is 6.05. The van der Waals surface area contributed by atoms with Gasteiger partial charge in [-0.2, -0.15) is 0 Å². The molecule has 0 heterocycles. The van der Waals surface area contributed by atoms with Crippen molar-refractivity contribution in [3.8, 4) is 0 Å². The van der Waals surface area contributed by atoms with Gasteiger partial charge < -0.3 is 5.32 Å². The number of nitrogens with one attached hydrogen (secondary N) is 1. The number of rotatable bonds is 5. The minimum Gasteiger partial charge on any atom is -0.351 e. The first kappa shape index (κ1) is 18.5. The van der Waals surface area contributed by atoms with Crippen LogP contribution in [0.15, 0.2) is 18.2 Å². The molecule has 3 rings (SSSR count). The number of hydrogen-bond acceptors (Lipinski definition) is 3.